The average molecular weight is 295 g/mol. The fourth-order valence-corrected chi connectivity index (χ4v) is 2.22. The number of H-pyrrole nitrogens is 1. The fourth-order valence-electron chi connectivity index (χ4n) is 2.22. The molecule has 0 bridgehead atoms. The second kappa shape index (κ2) is 5.69. The van der Waals surface area contributed by atoms with Gasteiger partial charge >= 0.3 is 5.69 Å². The first kappa shape index (κ1) is 13.8. The van der Waals surface area contributed by atoms with Crippen LogP contribution in [0.1, 0.15) is 0 Å². The first-order chi connectivity index (χ1) is 10.7. The third kappa shape index (κ3) is 2.54. The van der Waals surface area contributed by atoms with Crippen molar-refractivity contribution in [2.75, 3.05) is 7.11 Å². The van der Waals surface area contributed by atoms with Crippen molar-refractivity contribution in [3.8, 4) is 22.6 Å². The lowest BCUT2D eigenvalue weighted by atomic mass is 10.1. The Bertz CT molecular complexity index is 914. The highest BCUT2D eigenvalue weighted by molar-refractivity contribution is 5.72. The summed E-state index contributed by atoms with van der Waals surface area (Å²) in [4.78, 5) is 29.3. The molecule has 3 rings (SSSR count). The van der Waals surface area contributed by atoms with E-state index < -0.39 is 11.2 Å². The van der Waals surface area contributed by atoms with Crippen molar-refractivity contribution in [1.82, 2.24) is 14.5 Å². The van der Waals surface area contributed by atoms with Gasteiger partial charge in [0, 0.05) is 30.2 Å². The van der Waals surface area contributed by atoms with Crippen LogP contribution in [0.2, 0.25) is 0 Å². The van der Waals surface area contributed by atoms with Crippen LogP contribution in [-0.4, -0.2) is 21.6 Å². The standard InChI is InChI=1S/C16H13N3O3/c1-22-14-3-2-12(19-9-6-15(20)18-16(19)21)10-13(14)11-4-7-17-8-5-11/h2-10H,1H3,(H,18,20,21). The Labute approximate surface area is 125 Å². The van der Waals surface area contributed by atoms with E-state index in [-0.39, 0.29) is 0 Å². The van der Waals surface area contributed by atoms with Crippen LogP contribution in [0.15, 0.2) is 64.6 Å². The second-order valence-corrected chi connectivity index (χ2v) is 4.60. The van der Waals surface area contributed by atoms with Gasteiger partial charge in [0.05, 0.1) is 12.8 Å². The second-order valence-electron chi connectivity index (χ2n) is 4.60. The van der Waals surface area contributed by atoms with Gasteiger partial charge in [-0.3, -0.25) is 19.3 Å². The summed E-state index contributed by atoms with van der Waals surface area (Å²) in [6, 6.07) is 10.4. The molecule has 6 heteroatoms. The highest BCUT2D eigenvalue weighted by Crippen LogP contribution is 2.31. The van der Waals surface area contributed by atoms with Gasteiger partial charge in [-0.15, -0.1) is 0 Å². The number of hydrogen-bond donors (Lipinski definition) is 1. The molecule has 110 valence electrons. The molecule has 0 spiro atoms. The first-order valence-corrected chi connectivity index (χ1v) is 6.60. The molecule has 22 heavy (non-hydrogen) atoms. The molecular weight excluding hydrogens is 282 g/mol. The van der Waals surface area contributed by atoms with Gasteiger partial charge in [-0.05, 0) is 35.9 Å². The minimum atomic E-state index is -0.488. The first-order valence-electron chi connectivity index (χ1n) is 6.60. The Morgan fingerprint density at radius 2 is 1.86 bits per heavy atom. The Balaban J connectivity index is 2.19. The molecule has 0 aliphatic carbocycles. The molecule has 2 heterocycles. The molecule has 0 aliphatic rings. The lowest BCUT2D eigenvalue weighted by molar-refractivity contribution is 0.416. The zero-order valence-electron chi connectivity index (χ0n) is 11.8. The Hall–Kier alpha value is -3.15. The van der Waals surface area contributed by atoms with Crippen molar-refractivity contribution in [3.05, 3.63) is 75.8 Å². The van der Waals surface area contributed by atoms with Crippen LogP contribution in [0.3, 0.4) is 0 Å². The molecule has 0 unspecified atom stereocenters. The molecule has 1 aromatic carbocycles. The van der Waals surface area contributed by atoms with E-state index in [4.69, 9.17) is 4.74 Å². The molecule has 0 saturated heterocycles. The molecule has 2 aromatic heterocycles. The van der Waals surface area contributed by atoms with E-state index in [1.54, 1.807) is 31.6 Å². The summed E-state index contributed by atoms with van der Waals surface area (Å²) < 4.78 is 6.74. The summed E-state index contributed by atoms with van der Waals surface area (Å²) in [5, 5.41) is 0. The van der Waals surface area contributed by atoms with E-state index in [9.17, 15) is 9.59 Å². The smallest absolute Gasteiger partial charge is 0.332 e. The number of hydrogen-bond acceptors (Lipinski definition) is 4. The van der Waals surface area contributed by atoms with Crippen molar-refractivity contribution in [1.29, 1.82) is 0 Å². The SMILES string of the molecule is COc1ccc(-n2ccc(=O)[nH]c2=O)cc1-c1ccncc1. The van der Waals surface area contributed by atoms with Crippen molar-refractivity contribution >= 4 is 0 Å². The van der Waals surface area contributed by atoms with Crippen LogP contribution >= 0.6 is 0 Å². The topological polar surface area (TPSA) is 77.0 Å². The third-order valence-corrected chi connectivity index (χ3v) is 3.28. The Morgan fingerprint density at radius 3 is 2.55 bits per heavy atom. The molecule has 3 aromatic rings. The monoisotopic (exact) mass is 295 g/mol. The maximum atomic E-state index is 11.9. The van der Waals surface area contributed by atoms with E-state index in [1.807, 2.05) is 18.2 Å². The molecule has 0 amide bonds. The number of pyridine rings is 1. The van der Waals surface area contributed by atoms with Gasteiger partial charge < -0.3 is 4.74 Å². The zero-order chi connectivity index (χ0) is 15.5. The highest BCUT2D eigenvalue weighted by atomic mass is 16.5. The minimum Gasteiger partial charge on any atom is -0.496 e. The van der Waals surface area contributed by atoms with Crippen LogP contribution in [0, 0.1) is 0 Å². The average Bonchev–Trinajstić information content (AvgIpc) is 2.55. The van der Waals surface area contributed by atoms with Gasteiger partial charge in [-0.2, -0.15) is 0 Å². The van der Waals surface area contributed by atoms with Gasteiger partial charge in [0.15, 0.2) is 0 Å². The van der Waals surface area contributed by atoms with E-state index in [0.717, 1.165) is 11.1 Å². The summed E-state index contributed by atoms with van der Waals surface area (Å²) >= 11 is 0. The summed E-state index contributed by atoms with van der Waals surface area (Å²) in [6.45, 7) is 0. The summed E-state index contributed by atoms with van der Waals surface area (Å²) in [5.41, 5.74) is 1.47. The number of nitrogens with zero attached hydrogens (tertiary/aromatic N) is 2. The van der Waals surface area contributed by atoms with Gasteiger partial charge in [-0.1, -0.05) is 0 Å². The normalized spacial score (nSPS) is 10.4. The molecule has 6 nitrogen and oxygen atoms in total. The van der Waals surface area contributed by atoms with Crippen LogP contribution < -0.4 is 16.0 Å². The molecule has 0 fully saturated rings. The van der Waals surface area contributed by atoms with Crippen LogP contribution in [0.25, 0.3) is 16.8 Å². The minimum absolute atomic E-state index is 0.427. The van der Waals surface area contributed by atoms with Gasteiger partial charge in [0.1, 0.15) is 5.75 Å². The summed E-state index contributed by atoms with van der Waals surface area (Å²) in [6.07, 6.45) is 4.82. The third-order valence-electron chi connectivity index (χ3n) is 3.28. The van der Waals surface area contributed by atoms with Crippen molar-refractivity contribution in [2.45, 2.75) is 0 Å². The fraction of sp³-hybridized carbons (Fsp3) is 0.0625. The number of methoxy groups -OCH3 is 1. The van der Waals surface area contributed by atoms with Gasteiger partial charge in [-0.25, -0.2) is 4.79 Å². The number of nitrogens with one attached hydrogen (secondary N) is 1. The molecule has 0 atom stereocenters. The van der Waals surface area contributed by atoms with E-state index in [1.165, 1.54) is 16.8 Å². The van der Waals surface area contributed by atoms with Crippen molar-refractivity contribution in [3.63, 3.8) is 0 Å². The number of rotatable bonds is 3. The predicted molar refractivity (Wildman–Crippen MR) is 82.4 cm³/mol. The molecule has 0 saturated carbocycles. The molecular formula is C16H13N3O3. The Morgan fingerprint density at radius 1 is 1.09 bits per heavy atom. The number of ether oxygens (including phenoxy) is 1. The summed E-state index contributed by atoms with van der Waals surface area (Å²) in [7, 11) is 1.59. The lowest BCUT2D eigenvalue weighted by Gasteiger charge is -2.12. The van der Waals surface area contributed by atoms with Crippen LogP contribution in [-0.2, 0) is 0 Å². The van der Waals surface area contributed by atoms with E-state index in [0.29, 0.717) is 11.4 Å². The summed E-state index contributed by atoms with van der Waals surface area (Å²) in [5.74, 6) is 0.687. The Kier molecular flexibility index (Phi) is 3.57. The highest BCUT2D eigenvalue weighted by Gasteiger charge is 2.09. The van der Waals surface area contributed by atoms with Crippen molar-refractivity contribution < 1.29 is 4.74 Å². The maximum Gasteiger partial charge on any atom is 0.332 e. The largest absolute Gasteiger partial charge is 0.496 e. The van der Waals surface area contributed by atoms with Gasteiger partial charge in [0.2, 0.25) is 0 Å². The van der Waals surface area contributed by atoms with Crippen LogP contribution in [0.4, 0.5) is 0 Å². The quantitative estimate of drug-likeness (QED) is 0.796. The predicted octanol–water partition coefficient (Wildman–Crippen LogP) is 1.60. The maximum absolute atomic E-state index is 11.9. The molecule has 0 radical (unpaired) electrons. The number of aromatic nitrogens is 3. The van der Waals surface area contributed by atoms with E-state index in [2.05, 4.69) is 9.97 Å². The molecule has 0 aliphatic heterocycles. The lowest BCUT2D eigenvalue weighted by Crippen LogP contribution is -2.27. The number of benzene rings is 1. The van der Waals surface area contributed by atoms with Gasteiger partial charge in [0.25, 0.3) is 5.56 Å². The number of aromatic amines is 1. The zero-order valence-corrected chi connectivity index (χ0v) is 11.8. The van der Waals surface area contributed by atoms with Crippen LogP contribution in [0.5, 0.6) is 5.75 Å². The molecule has 1 N–H and O–H groups in total. The van der Waals surface area contributed by atoms with E-state index >= 15 is 0 Å². The van der Waals surface area contributed by atoms with Crippen molar-refractivity contribution in [2.24, 2.45) is 0 Å².